The first-order valence-electron chi connectivity index (χ1n) is 6.16. The Hall–Kier alpha value is -3.02. The van der Waals surface area contributed by atoms with E-state index in [-0.39, 0.29) is 11.7 Å². The molecule has 0 bridgehead atoms. The number of anilines is 1. The number of phenolic OH excluding ortho intramolecular Hbond substituents is 1. The van der Waals surface area contributed by atoms with Gasteiger partial charge in [0, 0.05) is 16.8 Å². The number of nitrogens with one attached hydrogen (secondary N) is 1. The molecule has 2 rings (SSSR count). The highest BCUT2D eigenvalue weighted by Crippen LogP contribution is 2.27. The van der Waals surface area contributed by atoms with Crippen LogP contribution in [-0.2, 0) is 0 Å². The number of phenols is 1. The van der Waals surface area contributed by atoms with Gasteiger partial charge in [-0.1, -0.05) is 12.1 Å². The zero-order valence-corrected chi connectivity index (χ0v) is 11.4. The summed E-state index contributed by atoms with van der Waals surface area (Å²) in [6.07, 6.45) is 1.34. The molecule has 0 saturated carbocycles. The third-order valence-corrected chi connectivity index (χ3v) is 2.77. The minimum Gasteiger partial charge on any atom is -0.504 e. The number of nitrogens with two attached hydrogens (primary N) is 1. The lowest BCUT2D eigenvalue weighted by molar-refractivity contribution is 0.0955. The van der Waals surface area contributed by atoms with E-state index in [0.29, 0.717) is 22.6 Å². The van der Waals surface area contributed by atoms with Gasteiger partial charge in [0.25, 0.3) is 5.91 Å². The molecule has 4 N–H and O–H groups in total. The maximum Gasteiger partial charge on any atom is 0.271 e. The number of nitrogen functional groups attached to an aromatic ring is 1. The minimum absolute atomic E-state index is 0.0399. The van der Waals surface area contributed by atoms with E-state index in [1.807, 2.05) is 0 Å². The summed E-state index contributed by atoms with van der Waals surface area (Å²) in [5.74, 6) is -0.0935. The monoisotopic (exact) mass is 285 g/mol. The number of aromatic hydroxyl groups is 1. The van der Waals surface area contributed by atoms with Crippen molar-refractivity contribution in [3.63, 3.8) is 0 Å². The largest absolute Gasteiger partial charge is 0.504 e. The quantitative estimate of drug-likeness (QED) is 0.453. The van der Waals surface area contributed by atoms with Gasteiger partial charge >= 0.3 is 0 Å². The number of ether oxygens (including phenoxy) is 1. The maximum absolute atomic E-state index is 11.8. The number of amides is 1. The highest BCUT2D eigenvalue weighted by molar-refractivity contribution is 5.95. The molecule has 0 spiro atoms. The summed E-state index contributed by atoms with van der Waals surface area (Å²) in [6.45, 7) is 0. The second-order valence-corrected chi connectivity index (χ2v) is 4.22. The Morgan fingerprint density at radius 1 is 1.33 bits per heavy atom. The molecule has 0 unspecified atom stereocenters. The molecule has 0 aliphatic rings. The highest BCUT2D eigenvalue weighted by Gasteiger charge is 2.06. The van der Waals surface area contributed by atoms with Crippen molar-refractivity contribution in [3.8, 4) is 11.5 Å². The average molecular weight is 285 g/mol. The molecule has 0 aliphatic heterocycles. The van der Waals surface area contributed by atoms with Crippen LogP contribution in [0.5, 0.6) is 11.5 Å². The number of nitrogens with zero attached hydrogens (tertiary/aromatic N) is 1. The van der Waals surface area contributed by atoms with Crippen molar-refractivity contribution in [3.05, 3.63) is 53.6 Å². The Morgan fingerprint density at radius 3 is 2.81 bits per heavy atom. The number of carbonyl (C=O) groups excluding carboxylic acids is 1. The zero-order valence-electron chi connectivity index (χ0n) is 11.4. The standard InChI is InChI=1S/C15H15N3O3/c1-21-13-7-3-5-11(14(13)19)9-17-18-15(20)10-4-2-6-12(16)8-10/h2-9,19H,16H2,1H3,(H,18,20). The predicted octanol–water partition coefficient (Wildman–Crippen LogP) is 1.75. The van der Waals surface area contributed by atoms with Gasteiger partial charge in [0.05, 0.1) is 13.3 Å². The minimum atomic E-state index is -0.388. The Morgan fingerprint density at radius 2 is 2.10 bits per heavy atom. The van der Waals surface area contributed by atoms with Crippen LogP contribution in [0.2, 0.25) is 0 Å². The third-order valence-electron chi connectivity index (χ3n) is 2.77. The Balaban J connectivity index is 2.07. The lowest BCUT2D eigenvalue weighted by atomic mass is 10.2. The Labute approximate surface area is 121 Å². The van der Waals surface area contributed by atoms with Gasteiger partial charge in [-0.15, -0.1) is 0 Å². The SMILES string of the molecule is COc1cccc(C=NNC(=O)c2cccc(N)c2)c1O. The van der Waals surface area contributed by atoms with E-state index in [4.69, 9.17) is 10.5 Å². The van der Waals surface area contributed by atoms with Crippen LogP contribution in [0, 0.1) is 0 Å². The second kappa shape index (κ2) is 6.42. The first-order chi connectivity index (χ1) is 10.1. The van der Waals surface area contributed by atoms with Crippen molar-refractivity contribution in [2.45, 2.75) is 0 Å². The number of carbonyl (C=O) groups is 1. The molecule has 1 amide bonds. The molecule has 2 aromatic rings. The molecule has 0 saturated heterocycles. The van der Waals surface area contributed by atoms with E-state index in [0.717, 1.165) is 0 Å². The van der Waals surface area contributed by atoms with Gasteiger partial charge in [-0.05, 0) is 30.3 Å². The molecule has 0 radical (unpaired) electrons. The fourth-order valence-electron chi connectivity index (χ4n) is 1.71. The smallest absolute Gasteiger partial charge is 0.271 e. The fourth-order valence-corrected chi connectivity index (χ4v) is 1.71. The van der Waals surface area contributed by atoms with E-state index in [9.17, 15) is 9.90 Å². The molecule has 2 aromatic carbocycles. The summed E-state index contributed by atoms with van der Waals surface area (Å²) >= 11 is 0. The van der Waals surface area contributed by atoms with Gasteiger partial charge in [-0.3, -0.25) is 4.79 Å². The summed E-state index contributed by atoms with van der Waals surface area (Å²) in [5, 5.41) is 13.7. The molecule has 6 nitrogen and oxygen atoms in total. The van der Waals surface area contributed by atoms with Crippen molar-refractivity contribution in [2.24, 2.45) is 5.10 Å². The van der Waals surface area contributed by atoms with Crippen LogP contribution >= 0.6 is 0 Å². The van der Waals surface area contributed by atoms with Crippen LogP contribution in [0.15, 0.2) is 47.6 Å². The van der Waals surface area contributed by atoms with Gasteiger partial charge in [0.15, 0.2) is 11.5 Å². The van der Waals surface area contributed by atoms with E-state index in [1.165, 1.54) is 13.3 Å². The summed E-state index contributed by atoms with van der Waals surface area (Å²) in [6, 6.07) is 11.5. The molecule has 0 atom stereocenters. The van der Waals surface area contributed by atoms with E-state index < -0.39 is 0 Å². The van der Waals surface area contributed by atoms with Crippen LogP contribution < -0.4 is 15.9 Å². The van der Waals surface area contributed by atoms with Crippen molar-refractivity contribution < 1.29 is 14.6 Å². The van der Waals surface area contributed by atoms with Crippen molar-refractivity contribution in [1.82, 2.24) is 5.43 Å². The second-order valence-electron chi connectivity index (χ2n) is 4.22. The Kier molecular flexibility index (Phi) is 4.40. The molecule has 0 aliphatic carbocycles. The van der Waals surface area contributed by atoms with Gasteiger partial charge in [0.1, 0.15) is 0 Å². The van der Waals surface area contributed by atoms with Crippen LogP contribution in [-0.4, -0.2) is 24.3 Å². The summed E-state index contributed by atoms with van der Waals surface area (Å²) in [7, 11) is 1.46. The molecular formula is C15H15N3O3. The maximum atomic E-state index is 11.8. The molecule has 0 fully saturated rings. The normalized spacial score (nSPS) is 10.5. The number of rotatable bonds is 4. The van der Waals surface area contributed by atoms with Crippen molar-refractivity contribution in [1.29, 1.82) is 0 Å². The fraction of sp³-hybridized carbons (Fsp3) is 0.0667. The molecule has 108 valence electrons. The average Bonchev–Trinajstić information content (AvgIpc) is 2.49. The summed E-state index contributed by atoms with van der Waals surface area (Å²) in [4.78, 5) is 11.8. The van der Waals surface area contributed by atoms with E-state index >= 15 is 0 Å². The molecule has 21 heavy (non-hydrogen) atoms. The van der Waals surface area contributed by atoms with Crippen LogP contribution in [0.3, 0.4) is 0 Å². The molecule has 0 aromatic heterocycles. The Bertz CT molecular complexity index is 684. The summed E-state index contributed by atoms with van der Waals surface area (Å²) in [5.41, 5.74) is 9.30. The van der Waals surface area contributed by atoms with Crippen molar-refractivity contribution >= 4 is 17.8 Å². The van der Waals surface area contributed by atoms with E-state index in [1.54, 1.807) is 42.5 Å². The van der Waals surface area contributed by atoms with Crippen LogP contribution in [0.25, 0.3) is 0 Å². The van der Waals surface area contributed by atoms with Gasteiger partial charge in [-0.25, -0.2) is 5.43 Å². The van der Waals surface area contributed by atoms with Crippen LogP contribution in [0.1, 0.15) is 15.9 Å². The van der Waals surface area contributed by atoms with Gasteiger partial charge < -0.3 is 15.6 Å². The lowest BCUT2D eigenvalue weighted by Crippen LogP contribution is -2.17. The first-order valence-corrected chi connectivity index (χ1v) is 6.16. The summed E-state index contributed by atoms with van der Waals surface area (Å²) < 4.78 is 4.98. The number of methoxy groups -OCH3 is 1. The highest BCUT2D eigenvalue weighted by atomic mass is 16.5. The zero-order chi connectivity index (χ0) is 15.2. The van der Waals surface area contributed by atoms with E-state index in [2.05, 4.69) is 10.5 Å². The number of hydrogen-bond acceptors (Lipinski definition) is 5. The topological polar surface area (TPSA) is 96.9 Å². The molecular weight excluding hydrogens is 270 g/mol. The van der Waals surface area contributed by atoms with Gasteiger partial charge in [-0.2, -0.15) is 5.10 Å². The third kappa shape index (κ3) is 3.50. The number of hydrogen-bond donors (Lipinski definition) is 3. The molecule has 0 heterocycles. The predicted molar refractivity (Wildman–Crippen MR) is 80.6 cm³/mol. The number of benzene rings is 2. The van der Waals surface area contributed by atoms with Gasteiger partial charge in [0.2, 0.25) is 0 Å². The first kappa shape index (κ1) is 14.4. The number of para-hydroxylation sites is 1. The number of hydrazone groups is 1. The van der Waals surface area contributed by atoms with Crippen molar-refractivity contribution in [2.75, 3.05) is 12.8 Å². The molecule has 6 heteroatoms. The van der Waals surface area contributed by atoms with Crippen LogP contribution in [0.4, 0.5) is 5.69 Å². The lowest BCUT2D eigenvalue weighted by Gasteiger charge is -2.05.